The van der Waals surface area contributed by atoms with Gasteiger partial charge in [0.05, 0.1) is 11.6 Å². The van der Waals surface area contributed by atoms with Gasteiger partial charge in [0.15, 0.2) is 0 Å². The van der Waals surface area contributed by atoms with Crippen molar-refractivity contribution in [3.63, 3.8) is 0 Å². The van der Waals surface area contributed by atoms with Gasteiger partial charge in [0.2, 0.25) is 5.91 Å². The Morgan fingerprint density at radius 3 is 2.26 bits per heavy atom. The zero-order valence-corrected chi connectivity index (χ0v) is 15.1. The van der Waals surface area contributed by atoms with Gasteiger partial charge >= 0.3 is 0 Å². The Hall–Kier alpha value is -2.95. The van der Waals surface area contributed by atoms with Gasteiger partial charge in [-0.15, -0.1) is 0 Å². The van der Waals surface area contributed by atoms with Gasteiger partial charge in [-0.05, 0) is 36.0 Å². The molecule has 1 aliphatic carbocycles. The number of rotatable bonds is 6. The van der Waals surface area contributed by atoms with Crippen LogP contribution in [0.5, 0.6) is 0 Å². The average Bonchev–Trinajstić information content (AvgIpc) is 3.08. The minimum absolute atomic E-state index is 0.0144. The maximum atomic E-state index is 12.3. The van der Waals surface area contributed by atoms with Crippen LogP contribution in [0.4, 0.5) is 0 Å². The van der Waals surface area contributed by atoms with Crippen LogP contribution in [0, 0.1) is 10.1 Å². The van der Waals surface area contributed by atoms with E-state index in [1.807, 2.05) is 48.5 Å². The van der Waals surface area contributed by atoms with E-state index in [1.165, 1.54) is 5.56 Å². The number of hydrogen-bond donors (Lipinski definition) is 0. The van der Waals surface area contributed by atoms with Crippen molar-refractivity contribution in [3.8, 4) is 0 Å². The summed E-state index contributed by atoms with van der Waals surface area (Å²) in [4.78, 5) is 25.7. The maximum Gasteiger partial charge on any atom is 0.263 e. The molecule has 2 aliphatic rings. The molecule has 0 N–H and O–H groups in total. The fraction of sp³-hybridized carbons (Fsp3) is 0.318. The number of carbonyl (C=O) groups excluding carboxylic acids is 1. The Kier molecular flexibility index (Phi) is 4.75. The van der Waals surface area contributed by atoms with Crippen LogP contribution in [-0.2, 0) is 11.2 Å². The van der Waals surface area contributed by atoms with Crippen molar-refractivity contribution in [2.75, 3.05) is 6.54 Å². The summed E-state index contributed by atoms with van der Waals surface area (Å²) in [6.45, 7) is 0.592. The summed E-state index contributed by atoms with van der Waals surface area (Å²) in [5, 5.41) is 11.9. The number of benzene rings is 2. The van der Waals surface area contributed by atoms with E-state index in [9.17, 15) is 14.9 Å². The van der Waals surface area contributed by atoms with E-state index in [0.717, 1.165) is 30.4 Å². The van der Waals surface area contributed by atoms with Gasteiger partial charge in [0.25, 0.3) is 6.04 Å². The minimum atomic E-state index is -0.833. The second-order valence-electron chi connectivity index (χ2n) is 7.16. The molecule has 0 aromatic heterocycles. The van der Waals surface area contributed by atoms with Gasteiger partial charge in [-0.2, -0.15) is 0 Å². The first-order valence-electron chi connectivity index (χ1n) is 9.42. The van der Waals surface area contributed by atoms with Crippen molar-refractivity contribution in [2.45, 2.75) is 37.6 Å². The minimum Gasteiger partial charge on any atom is -0.310 e. The Bertz CT molecular complexity index is 877. The van der Waals surface area contributed by atoms with E-state index >= 15 is 0 Å². The molecule has 138 valence electrons. The molecule has 0 unspecified atom stereocenters. The first-order valence-corrected chi connectivity index (χ1v) is 9.42. The molecule has 1 heterocycles. The van der Waals surface area contributed by atoms with E-state index in [2.05, 4.69) is 12.1 Å². The highest BCUT2D eigenvalue weighted by Gasteiger charge is 2.53. The zero-order chi connectivity index (χ0) is 18.8. The van der Waals surface area contributed by atoms with Crippen molar-refractivity contribution >= 4 is 5.91 Å². The van der Waals surface area contributed by atoms with Crippen LogP contribution in [0.3, 0.4) is 0 Å². The summed E-state index contributed by atoms with van der Waals surface area (Å²) in [7, 11) is 0. The molecule has 1 amide bonds. The Labute approximate surface area is 158 Å². The number of hydrogen-bond acceptors (Lipinski definition) is 3. The zero-order valence-electron chi connectivity index (χ0n) is 15.1. The molecular formula is C22H22N2O3. The topological polar surface area (TPSA) is 63.5 Å². The second-order valence-corrected chi connectivity index (χ2v) is 7.16. The van der Waals surface area contributed by atoms with E-state index in [4.69, 9.17) is 0 Å². The number of carbonyl (C=O) groups is 1. The highest BCUT2D eigenvalue weighted by Crippen LogP contribution is 2.48. The van der Waals surface area contributed by atoms with Crippen molar-refractivity contribution in [2.24, 2.45) is 0 Å². The second kappa shape index (κ2) is 7.35. The average molecular weight is 362 g/mol. The number of amides is 1. The molecule has 0 saturated carbocycles. The van der Waals surface area contributed by atoms with Gasteiger partial charge in [-0.3, -0.25) is 14.9 Å². The third-order valence-electron chi connectivity index (χ3n) is 5.58. The fourth-order valence-electron chi connectivity index (χ4n) is 4.31. The molecule has 2 atom stereocenters. The lowest BCUT2D eigenvalue weighted by atomic mass is 9.70. The van der Waals surface area contributed by atoms with Gasteiger partial charge in [-0.25, -0.2) is 0 Å². The smallest absolute Gasteiger partial charge is 0.263 e. The third-order valence-corrected chi connectivity index (χ3v) is 5.58. The van der Waals surface area contributed by atoms with Crippen molar-refractivity contribution in [1.82, 2.24) is 4.90 Å². The molecule has 5 heteroatoms. The molecule has 1 fully saturated rings. The monoisotopic (exact) mass is 362 g/mol. The summed E-state index contributed by atoms with van der Waals surface area (Å²) < 4.78 is 0. The third kappa shape index (κ3) is 3.25. The molecular weight excluding hydrogens is 340 g/mol. The number of nitro groups is 1. The molecule has 0 radical (unpaired) electrons. The van der Waals surface area contributed by atoms with Gasteiger partial charge in [0, 0.05) is 17.9 Å². The fourth-order valence-corrected chi connectivity index (χ4v) is 4.31. The van der Waals surface area contributed by atoms with Crippen LogP contribution in [-0.4, -0.2) is 28.3 Å². The van der Waals surface area contributed by atoms with Crippen LogP contribution >= 0.6 is 0 Å². The Morgan fingerprint density at radius 2 is 1.67 bits per heavy atom. The summed E-state index contributed by atoms with van der Waals surface area (Å²) >= 11 is 0. The number of aryl methyl sites for hydroxylation is 1. The molecule has 2 aromatic rings. The molecule has 0 bridgehead atoms. The lowest BCUT2D eigenvalue weighted by Crippen LogP contribution is -2.48. The van der Waals surface area contributed by atoms with Crippen LogP contribution in [0.15, 0.2) is 71.9 Å². The molecule has 0 spiro atoms. The maximum absolute atomic E-state index is 12.3. The summed E-state index contributed by atoms with van der Waals surface area (Å²) in [6, 6.07) is 19.0. The SMILES string of the molecule is O=C1CCCN1C1=C(CCc2ccccc2)[C@@H](c2ccccc2)[C@@H]1[N+](=O)[O-]. The van der Waals surface area contributed by atoms with Gasteiger partial charge < -0.3 is 4.90 Å². The first-order chi connectivity index (χ1) is 13.2. The lowest BCUT2D eigenvalue weighted by Gasteiger charge is -2.40. The van der Waals surface area contributed by atoms with Gasteiger partial charge in [-0.1, -0.05) is 60.7 Å². The number of likely N-dealkylation sites (tertiary alicyclic amines) is 1. The summed E-state index contributed by atoms with van der Waals surface area (Å²) in [6.07, 6.45) is 2.80. The lowest BCUT2D eigenvalue weighted by molar-refractivity contribution is -0.522. The molecule has 27 heavy (non-hydrogen) atoms. The summed E-state index contributed by atoms with van der Waals surface area (Å²) in [5.41, 5.74) is 3.85. The standard InChI is InChI=1S/C22H22N2O3/c25-19-12-7-15-23(19)21-18(14-13-16-8-3-1-4-9-16)20(22(21)24(26)27)17-10-5-2-6-11-17/h1-6,8-11,20,22H,7,12-15H2/t20-,22+/m1/s1. The molecule has 2 aromatic carbocycles. The van der Waals surface area contributed by atoms with Crippen LogP contribution in [0.1, 0.15) is 36.3 Å². The largest absolute Gasteiger partial charge is 0.310 e. The highest BCUT2D eigenvalue weighted by molar-refractivity contribution is 5.81. The quantitative estimate of drug-likeness (QED) is 0.578. The molecule has 4 rings (SSSR count). The number of nitrogens with zero attached hydrogens (tertiary/aromatic N) is 2. The highest BCUT2D eigenvalue weighted by atomic mass is 16.6. The van der Waals surface area contributed by atoms with Crippen molar-refractivity contribution in [1.29, 1.82) is 0 Å². The normalized spacial score (nSPS) is 22.1. The van der Waals surface area contributed by atoms with E-state index in [0.29, 0.717) is 18.7 Å². The predicted octanol–water partition coefficient (Wildman–Crippen LogP) is 3.94. The van der Waals surface area contributed by atoms with Crippen molar-refractivity contribution in [3.05, 3.63) is 93.2 Å². The van der Waals surface area contributed by atoms with Crippen molar-refractivity contribution < 1.29 is 9.72 Å². The van der Waals surface area contributed by atoms with Crippen LogP contribution < -0.4 is 0 Å². The Balaban J connectivity index is 1.71. The van der Waals surface area contributed by atoms with Crippen LogP contribution in [0.2, 0.25) is 0 Å². The Morgan fingerprint density at radius 1 is 1.00 bits per heavy atom. The summed E-state index contributed by atoms with van der Waals surface area (Å²) in [5.74, 6) is -0.242. The van der Waals surface area contributed by atoms with E-state index in [1.54, 1.807) is 4.90 Å². The van der Waals surface area contributed by atoms with E-state index < -0.39 is 6.04 Å². The van der Waals surface area contributed by atoms with Gasteiger partial charge in [0.1, 0.15) is 0 Å². The molecule has 1 saturated heterocycles. The van der Waals surface area contributed by atoms with Crippen LogP contribution in [0.25, 0.3) is 0 Å². The van der Waals surface area contributed by atoms with E-state index in [-0.39, 0.29) is 16.7 Å². The molecule has 5 nitrogen and oxygen atoms in total. The predicted molar refractivity (Wildman–Crippen MR) is 103 cm³/mol. The molecule has 1 aliphatic heterocycles. The first kappa shape index (κ1) is 17.5.